The van der Waals surface area contributed by atoms with E-state index in [1.807, 2.05) is 37.3 Å². The highest BCUT2D eigenvalue weighted by Crippen LogP contribution is 2.35. The van der Waals surface area contributed by atoms with Crippen LogP contribution >= 0.6 is 11.6 Å². The third-order valence-corrected chi connectivity index (χ3v) is 6.05. The maximum absolute atomic E-state index is 12.9. The van der Waals surface area contributed by atoms with Gasteiger partial charge in [-0.25, -0.2) is 4.79 Å². The van der Waals surface area contributed by atoms with Crippen molar-refractivity contribution in [1.82, 2.24) is 5.32 Å². The molecule has 6 nitrogen and oxygen atoms in total. The molecule has 2 aromatic carbocycles. The standard InChI is InChI=1S/C26H26ClN3O3/c1-16-5-3-8-21(23-12-9-19(27)15-28-23)17-6-4-7-18(13-17)22-11-10-20(29-26(32)33-2)14-24(22)30-25(16)31/h4,6-16,23,28H,3,5H2,1-2H3,(H,29,32)(H,30,31)/b21-8+. The van der Waals surface area contributed by atoms with Crippen molar-refractivity contribution in [2.75, 3.05) is 17.7 Å². The van der Waals surface area contributed by atoms with Gasteiger partial charge in [-0.1, -0.05) is 54.9 Å². The Labute approximate surface area is 198 Å². The normalized spacial score (nSPS) is 21.6. The van der Waals surface area contributed by atoms with Gasteiger partial charge in [0.15, 0.2) is 0 Å². The van der Waals surface area contributed by atoms with Gasteiger partial charge in [0.2, 0.25) is 5.91 Å². The molecule has 0 aromatic heterocycles. The monoisotopic (exact) mass is 463 g/mol. The van der Waals surface area contributed by atoms with Crippen LogP contribution < -0.4 is 16.0 Å². The molecular formula is C26H26ClN3O3. The summed E-state index contributed by atoms with van der Waals surface area (Å²) < 4.78 is 4.69. The molecule has 2 bridgehead atoms. The Hall–Kier alpha value is -3.51. The van der Waals surface area contributed by atoms with E-state index in [0.717, 1.165) is 28.7 Å². The zero-order valence-electron chi connectivity index (χ0n) is 18.5. The van der Waals surface area contributed by atoms with E-state index in [-0.39, 0.29) is 17.9 Å². The summed E-state index contributed by atoms with van der Waals surface area (Å²) >= 11 is 6.09. The van der Waals surface area contributed by atoms with E-state index in [2.05, 4.69) is 34.2 Å². The van der Waals surface area contributed by atoms with Crippen LogP contribution in [0, 0.1) is 5.92 Å². The predicted octanol–water partition coefficient (Wildman–Crippen LogP) is 5.89. The van der Waals surface area contributed by atoms with Crippen LogP contribution in [0.1, 0.15) is 25.3 Å². The number of ether oxygens (including phenoxy) is 1. The van der Waals surface area contributed by atoms with Gasteiger partial charge in [0.05, 0.1) is 23.9 Å². The molecule has 2 aliphatic rings. The van der Waals surface area contributed by atoms with E-state index in [4.69, 9.17) is 16.3 Å². The van der Waals surface area contributed by atoms with E-state index in [9.17, 15) is 9.59 Å². The second kappa shape index (κ2) is 9.96. The van der Waals surface area contributed by atoms with Crippen LogP contribution in [-0.2, 0) is 9.53 Å². The zero-order chi connectivity index (χ0) is 23.4. The molecule has 2 atom stereocenters. The Morgan fingerprint density at radius 2 is 2.00 bits per heavy atom. The maximum Gasteiger partial charge on any atom is 0.411 e. The van der Waals surface area contributed by atoms with Gasteiger partial charge in [-0.3, -0.25) is 10.1 Å². The lowest BCUT2D eigenvalue weighted by Gasteiger charge is -2.23. The summed E-state index contributed by atoms with van der Waals surface area (Å²) in [7, 11) is 1.31. The molecular weight excluding hydrogens is 438 g/mol. The van der Waals surface area contributed by atoms with Crippen LogP contribution in [0.3, 0.4) is 0 Å². The fourth-order valence-electron chi connectivity index (χ4n) is 3.97. The SMILES string of the molecule is COC(=O)Nc1ccc2c(c1)NC(=O)C(C)CC/C=C(/C1C=CC(Cl)=CN1)c1cccc-2c1. The fourth-order valence-corrected chi connectivity index (χ4v) is 4.10. The van der Waals surface area contributed by atoms with Crippen LogP contribution in [0.25, 0.3) is 16.7 Å². The van der Waals surface area contributed by atoms with Crippen molar-refractivity contribution < 1.29 is 14.3 Å². The molecule has 2 aliphatic heterocycles. The average molecular weight is 464 g/mol. The second-order valence-electron chi connectivity index (χ2n) is 8.12. The van der Waals surface area contributed by atoms with Crippen LogP contribution in [0.4, 0.5) is 16.2 Å². The van der Waals surface area contributed by atoms with E-state index in [0.29, 0.717) is 22.8 Å². The highest BCUT2D eigenvalue weighted by molar-refractivity contribution is 6.31. The second-order valence-corrected chi connectivity index (χ2v) is 8.55. The first-order valence-electron chi connectivity index (χ1n) is 10.9. The Morgan fingerprint density at radius 1 is 1.18 bits per heavy atom. The number of nitrogens with one attached hydrogen (secondary N) is 3. The number of halogens is 1. The number of fused-ring (bicyclic) bond motifs is 4. The van der Waals surface area contributed by atoms with E-state index < -0.39 is 6.09 Å². The molecule has 2 amide bonds. The first-order valence-corrected chi connectivity index (χ1v) is 11.2. The number of amides is 2. The number of hydrogen-bond donors (Lipinski definition) is 3. The zero-order valence-corrected chi connectivity index (χ0v) is 19.3. The first kappa shape index (κ1) is 22.7. The summed E-state index contributed by atoms with van der Waals surface area (Å²) in [4.78, 5) is 24.6. The molecule has 0 radical (unpaired) electrons. The van der Waals surface area contributed by atoms with Gasteiger partial charge in [-0.2, -0.15) is 0 Å². The van der Waals surface area contributed by atoms with Crippen molar-refractivity contribution in [2.45, 2.75) is 25.8 Å². The third-order valence-electron chi connectivity index (χ3n) is 5.81. The smallest absolute Gasteiger partial charge is 0.411 e. The Balaban J connectivity index is 1.79. The molecule has 33 heavy (non-hydrogen) atoms. The molecule has 0 fully saturated rings. The lowest BCUT2D eigenvalue weighted by molar-refractivity contribution is -0.119. The molecule has 2 unspecified atom stereocenters. The molecule has 0 saturated carbocycles. The lowest BCUT2D eigenvalue weighted by Crippen LogP contribution is -2.26. The Kier molecular flexibility index (Phi) is 6.84. The van der Waals surface area contributed by atoms with Crippen molar-refractivity contribution in [3.8, 4) is 11.1 Å². The number of dihydropyridines is 1. The minimum Gasteiger partial charge on any atom is -0.453 e. The average Bonchev–Trinajstić information content (AvgIpc) is 2.82. The summed E-state index contributed by atoms with van der Waals surface area (Å²) in [6.45, 7) is 1.92. The Morgan fingerprint density at radius 3 is 2.76 bits per heavy atom. The van der Waals surface area contributed by atoms with Crippen molar-refractivity contribution in [3.05, 3.63) is 77.5 Å². The fraction of sp³-hybridized carbons (Fsp3) is 0.231. The molecule has 2 aromatic rings. The molecule has 3 N–H and O–H groups in total. The van der Waals surface area contributed by atoms with Crippen LogP contribution in [-0.4, -0.2) is 25.2 Å². The number of rotatable bonds is 2. The molecule has 2 heterocycles. The van der Waals surface area contributed by atoms with Gasteiger partial charge in [-0.05, 0) is 53.8 Å². The van der Waals surface area contributed by atoms with Crippen LogP contribution in [0.5, 0.6) is 0 Å². The van der Waals surface area contributed by atoms with Gasteiger partial charge in [0.25, 0.3) is 0 Å². The van der Waals surface area contributed by atoms with E-state index >= 15 is 0 Å². The number of carbonyl (C=O) groups is 2. The summed E-state index contributed by atoms with van der Waals surface area (Å²) in [6.07, 6.45) is 8.83. The highest BCUT2D eigenvalue weighted by Gasteiger charge is 2.20. The molecule has 0 spiro atoms. The van der Waals surface area contributed by atoms with Crippen LogP contribution in [0.2, 0.25) is 0 Å². The minimum absolute atomic E-state index is 0.0130. The predicted molar refractivity (Wildman–Crippen MR) is 133 cm³/mol. The van der Waals surface area contributed by atoms with Gasteiger partial charge in [0.1, 0.15) is 0 Å². The number of hydrogen-bond acceptors (Lipinski definition) is 4. The van der Waals surface area contributed by atoms with Crippen LogP contribution in [0.15, 0.2) is 71.9 Å². The number of allylic oxidation sites excluding steroid dienone is 3. The Bertz CT molecular complexity index is 1170. The van der Waals surface area contributed by atoms with Crippen molar-refractivity contribution in [3.63, 3.8) is 0 Å². The summed E-state index contributed by atoms with van der Waals surface area (Å²) in [6, 6.07) is 13.6. The third kappa shape index (κ3) is 5.29. The van der Waals surface area contributed by atoms with Crippen molar-refractivity contribution >= 4 is 40.5 Å². The number of carbonyl (C=O) groups excluding carboxylic acids is 2. The topological polar surface area (TPSA) is 79.5 Å². The lowest BCUT2D eigenvalue weighted by atomic mass is 9.91. The van der Waals surface area contributed by atoms with Gasteiger partial charge >= 0.3 is 6.09 Å². The van der Waals surface area contributed by atoms with Gasteiger partial charge < -0.3 is 15.4 Å². The van der Waals surface area contributed by atoms with Crippen molar-refractivity contribution in [2.24, 2.45) is 5.92 Å². The molecule has 0 saturated heterocycles. The molecule has 4 rings (SSSR count). The highest BCUT2D eigenvalue weighted by atomic mass is 35.5. The number of benzene rings is 2. The van der Waals surface area contributed by atoms with Gasteiger partial charge in [-0.15, -0.1) is 0 Å². The first-order chi connectivity index (χ1) is 15.9. The minimum atomic E-state index is -0.568. The summed E-state index contributed by atoms with van der Waals surface area (Å²) in [5.41, 5.74) is 5.21. The molecule has 0 aliphatic carbocycles. The van der Waals surface area contributed by atoms with Crippen molar-refractivity contribution in [1.29, 1.82) is 0 Å². The van der Waals surface area contributed by atoms with E-state index in [1.54, 1.807) is 18.3 Å². The molecule has 170 valence electrons. The molecule has 7 heteroatoms. The number of methoxy groups -OCH3 is 1. The van der Waals surface area contributed by atoms with Gasteiger partial charge in [0, 0.05) is 23.4 Å². The summed E-state index contributed by atoms with van der Waals surface area (Å²) in [5.74, 6) is -0.252. The van der Waals surface area contributed by atoms with E-state index in [1.165, 1.54) is 7.11 Å². The largest absolute Gasteiger partial charge is 0.453 e. The quantitative estimate of drug-likeness (QED) is 0.518. The summed E-state index contributed by atoms with van der Waals surface area (Å²) in [5, 5.41) is 9.72. The maximum atomic E-state index is 12.9. The number of anilines is 2.